The van der Waals surface area contributed by atoms with Crippen LogP contribution in [0.4, 0.5) is 0 Å². The van der Waals surface area contributed by atoms with E-state index in [4.69, 9.17) is 10.5 Å². The van der Waals surface area contributed by atoms with Gasteiger partial charge in [0.1, 0.15) is 0 Å². The quantitative estimate of drug-likeness (QED) is 0.852. The average Bonchev–Trinajstić information content (AvgIpc) is 3.02. The summed E-state index contributed by atoms with van der Waals surface area (Å²) in [7, 11) is 0. The fourth-order valence-electron chi connectivity index (χ4n) is 2.61. The maximum Gasteiger partial charge on any atom is 0.276 e. The van der Waals surface area contributed by atoms with Crippen molar-refractivity contribution in [3.63, 3.8) is 0 Å². The minimum absolute atomic E-state index is 0.0550. The van der Waals surface area contributed by atoms with E-state index >= 15 is 0 Å². The molecule has 0 spiro atoms. The van der Waals surface area contributed by atoms with Crippen molar-refractivity contribution in [1.29, 1.82) is 0 Å². The third-order valence-corrected chi connectivity index (χ3v) is 3.61. The smallest absolute Gasteiger partial charge is 0.276 e. The molecule has 1 fully saturated rings. The molecule has 19 heavy (non-hydrogen) atoms. The number of hydrogen-bond acceptors (Lipinski definition) is 4. The van der Waals surface area contributed by atoms with E-state index in [2.05, 4.69) is 10.1 Å². The molecule has 1 aliphatic heterocycles. The average molecular weight is 262 g/mol. The van der Waals surface area contributed by atoms with Gasteiger partial charge in [0.05, 0.1) is 11.8 Å². The van der Waals surface area contributed by atoms with Gasteiger partial charge >= 0.3 is 0 Å². The Morgan fingerprint density at radius 3 is 3.16 bits per heavy atom. The van der Waals surface area contributed by atoms with Crippen molar-refractivity contribution in [2.45, 2.75) is 32.3 Å². The Hall–Kier alpha value is -1.66. The van der Waals surface area contributed by atoms with Crippen LogP contribution in [0.25, 0.3) is 5.65 Å². The van der Waals surface area contributed by atoms with Crippen molar-refractivity contribution >= 4 is 5.65 Å². The summed E-state index contributed by atoms with van der Waals surface area (Å²) in [4.78, 5) is 16.8. The second-order valence-corrected chi connectivity index (χ2v) is 4.93. The number of ether oxygens (including phenoxy) is 1. The molecule has 6 nitrogen and oxygen atoms in total. The van der Waals surface area contributed by atoms with Gasteiger partial charge in [0.2, 0.25) is 0 Å². The summed E-state index contributed by atoms with van der Waals surface area (Å²) in [5.41, 5.74) is 8.49. The van der Waals surface area contributed by atoms with Crippen LogP contribution in [0.15, 0.2) is 10.9 Å². The van der Waals surface area contributed by atoms with Crippen molar-refractivity contribution in [2.75, 3.05) is 13.2 Å². The minimum Gasteiger partial charge on any atom is -0.372 e. The SMILES string of the molecule is Cc1nc2cc(C3CCCO3)[nH]n2c(=O)c1CCN. The summed E-state index contributed by atoms with van der Waals surface area (Å²) in [6, 6.07) is 1.90. The molecule has 2 aromatic rings. The predicted octanol–water partition coefficient (Wildman–Crippen LogP) is 0.684. The third kappa shape index (κ3) is 2.06. The fourth-order valence-corrected chi connectivity index (χ4v) is 2.61. The Morgan fingerprint density at radius 2 is 2.47 bits per heavy atom. The molecule has 0 bridgehead atoms. The number of aromatic nitrogens is 3. The number of rotatable bonds is 3. The Kier molecular flexibility index (Phi) is 3.12. The predicted molar refractivity (Wildman–Crippen MR) is 71.2 cm³/mol. The second-order valence-electron chi connectivity index (χ2n) is 4.93. The maximum absolute atomic E-state index is 12.4. The van der Waals surface area contributed by atoms with Gasteiger partial charge in [-0.3, -0.25) is 9.89 Å². The van der Waals surface area contributed by atoms with Crippen LogP contribution in [0.1, 0.15) is 35.9 Å². The van der Waals surface area contributed by atoms with Crippen molar-refractivity contribution < 1.29 is 4.74 Å². The maximum atomic E-state index is 12.4. The summed E-state index contributed by atoms with van der Waals surface area (Å²) in [5, 5.41) is 3.11. The zero-order chi connectivity index (χ0) is 13.4. The number of aromatic amines is 1. The van der Waals surface area contributed by atoms with Crippen LogP contribution in [0, 0.1) is 6.92 Å². The molecule has 1 saturated heterocycles. The highest BCUT2D eigenvalue weighted by Crippen LogP contribution is 2.27. The summed E-state index contributed by atoms with van der Waals surface area (Å²) in [6.45, 7) is 3.08. The summed E-state index contributed by atoms with van der Waals surface area (Å²) in [5.74, 6) is 0. The van der Waals surface area contributed by atoms with E-state index in [-0.39, 0.29) is 11.7 Å². The second kappa shape index (κ2) is 4.79. The Balaban J connectivity index is 2.12. The number of nitrogens with one attached hydrogen (secondary N) is 1. The van der Waals surface area contributed by atoms with Crippen LogP contribution in [-0.4, -0.2) is 27.7 Å². The first-order valence-corrected chi connectivity index (χ1v) is 6.63. The molecule has 102 valence electrons. The summed E-state index contributed by atoms with van der Waals surface area (Å²) < 4.78 is 7.12. The molecule has 0 radical (unpaired) electrons. The molecule has 3 N–H and O–H groups in total. The van der Waals surface area contributed by atoms with Crippen LogP contribution in [0.2, 0.25) is 0 Å². The molecule has 6 heteroatoms. The molecule has 1 unspecified atom stereocenters. The highest BCUT2D eigenvalue weighted by molar-refractivity contribution is 5.42. The van der Waals surface area contributed by atoms with Gasteiger partial charge in [0.25, 0.3) is 5.56 Å². The van der Waals surface area contributed by atoms with E-state index in [9.17, 15) is 4.79 Å². The van der Waals surface area contributed by atoms with Gasteiger partial charge in [-0.25, -0.2) is 9.50 Å². The number of nitrogens with zero attached hydrogens (tertiary/aromatic N) is 2. The largest absolute Gasteiger partial charge is 0.372 e. The van der Waals surface area contributed by atoms with E-state index in [1.807, 2.05) is 13.0 Å². The Morgan fingerprint density at radius 1 is 1.63 bits per heavy atom. The number of aryl methyl sites for hydroxylation is 1. The monoisotopic (exact) mass is 262 g/mol. The molecule has 1 atom stereocenters. The summed E-state index contributed by atoms with van der Waals surface area (Å²) in [6.07, 6.45) is 2.64. The van der Waals surface area contributed by atoms with Crippen LogP contribution < -0.4 is 11.3 Å². The molecule has 0 aliphatic carbocycles. The van der Waals surface area contributed by atoms with Crippen molar-refractivity contribution in [2.24, 2.45) is 5.73 Å². The van der Waals surface area contributed by atoms with Crippen LogP contribution in [-0.2, 0) is 11.2 Å². The lowest BCUT2D eigenvalue weighted by atomic mass is 10.1. The Labute approximate surface area is 110 Å². The Bertz CT molecular complexity index is 652. The number of hydrogen-bond donors (Lipinski definition) is 2. The van der Waals surface area contributed by atoms with Crippen molar-refractivity contribution in [3.8, 4) is 0 Å². The highest BCUT2D eigenvalue weighted by atomic mass is 16.5. The zero-order valence-electron chi connectivity index (χ0n) is 11.0. The summed E-state index contributed by atoms with van der Waals surface area (Å²) >= 11 is 0. The first-order chi connectivity index (χ1) is 9.20. The standard InChI is InChI=1S/C13H18N4O2/c1-8-9(4-5-14)13(18)17-12(15-8)7-10(16-17)11-3-2-6-19-11/h7,11,16H,2-6,14H2,1H3. The van der Waals surface area contributed by atoms with E-state index in [1.165, 1.54) is 4.52 Å². The first kappa shape index (κ1) is 12.4. The number of fused-ring (bicyclic) bond motifs is 1. The van der Waals surface area contributed by atoms with Gasteiger partial charge in [-0.2, -0.15) is 0 Å². The van der Waals surface area contributed by atoms with E-state index in [1.54, 1.807) is 0 Å². The molecular formula is C13H18N4O2. The van der Waals surface area contributed by atoms with Gasteiger partial charge in [-0.15, -0.1) is 0 Å². The molecule has 0 amide bonds. The molecule has 3 rings (SSSR count). The zero-order valence-corrected chi connectivity index (χ0v) is 11.0. The fraction of sp³-hybridized carbons (Fsp3) is 0.538. The van der Waals surface area contributed by atoms with E-state index in [0.29, 0.717) is 24.2 Å². The van der Waals surface area contributed by atoms with Gasteiger partial charge in [-0.05, 0) is 32.7 Å². The van der Waals surface area contributed by atoms with E-state index < -0.39 is 0 Å². The number of H-pyrrole nitrogens is 1. The normalized spacial score (nSPS) is 19.4. The molecule has 1 aliphatic rings. The van der Waals surface area contributed by atoms with Gasteiger partial charge in [-0.1, -0.05) is 0 Å². The minimum atomic E-state index is -0.0582. The van der Waals surface area contributed by atoms with Gasteiger partial charge in [0.15, 0.2) is 5.65 Å². The number of nitrogens with two attached hydrogens (primary N) is 1. The van der Waals surface area contributed by atoms with Gasteiger partial charge < -0.3 is 10.5 Å². The highest BCUT2D eigenvalue weighted by Gasteiger charge is 2.21. The lowest BCUT2D eigenvalue weighted by Crippen LogP contribution is -2.24. The lowest BCUT2D eigenvalue weighted by Gasteiger charge is -2.05. The molecular weight excluding hydrogens is 244 g/mol. The van der Waals surface area contributed by atoms with Crippen LogP contribution in [0.5, 0.6) is 0 Å². The molecule has 0 saturated carbocycles. The molecule has 0 aromatic carbocycles. The van der Waals surface area contributed by atoms with Crippen LogP contribution >= 0.6 is 0 Å². The van der Waals surface area contributed by atoms with Crippen LogP contribution in [0.3, 0.4) is 0 Å². The topological polar surface area (TPSA) is 85.4 Å². The van der Waals surface area contributed by atoms with E-state index in [0.717, 1.165) is 30.8 Å². The molecule has 3 heterocycles. The van der Waals surface area contributed by atoms with Crippen molar-refractivity contribution in [3.05, 3.63) is 33.4 Å². The molecule has 2 aromatic heterocycles. The third-order valence-electron chi connectivity index (χ3n) is 3.61. The van der Waals surface area contributed by atoms with Gasteiger partial charge in [0, 0.05) is 23.9 Å². The van der Waals surface area contributed by atoms with Crippen molar-refractivity contribution in [1.82, 2.24) is 14.6 Å². The first-order valence-electron chi connectivity index (χ1n) is 6.63. The lowest BCUT2D eigenvalue weighted by molar-refractivity contribution is 0.108.